The Hall–Kier alpha value is -2.04. The van der Waals surface area contributed by atoms with Gasteiger partial charge in [0.2, 0.25) is 0 Å². The van der Waals surface area contributed by atoms with Crippen LogP contribution < -0.4 is 10.1 Å². The van der Waals surface area contributed by atoms with Crippen LogP contribution >= 0.6 is 11.6 Å². The van der Waals surface area contributed by atoms with E-state index in [4.69, 9.17) is 21.1 Å². The van der Waals surface area contributed by atoms with Gasteiger partial charge in [0, 0.05) is 19.2 Å². The molecule has 0 saturated carbocycles. The van der Waals surface area contributed by atoms with E-state index in [-0.39, 0.29) is 5.91 Å². The van der Waals surface area contributed by atoms with Crippen LogP contribution in [0.25, 0.3) is 0 Å². The zero-order valence-electron chi connectivity index (χ0n) is 12.5. The molecule has 2 rings (SSSR count). The van der Waals surface area contributed by atoms with Gasteiger partial charge in [0.25, 0.3) is 5.91 Å². The number of hydrogen-bond donors (Lipinski definition) is 1. The number of ether oxygens (including phenoxy) is 2. The third-order valence-corrected chi connectivity index (χ3v) is 3.48. The molecule has 116 valence electrons. The molecule has 0 saturated heterocycles. The second kappa shape index (κ2) is 7.82. The third-order valence-electron chi connectivity index (χ3n) is 3.25. The highest BCUT2D eigenvalue weighted by atomic mass is 35.5. The molecule has 0 aromatic heterocycles. The first-order valence-electron chi connectivity index (χ1n) is 6.86. The van der Waals surface area contributed by atoms with Gasteiger partial charge in [0.15, 0.2) is 6.10 Å². The Morgan fingerprint density at radius 3 is 2.68 bits per heavy atom. The van der Waals surface area contributed by atoms with Gasteiger partial charge in [-0.05, 0) is 29.3 Å². The summed E-state index contributed by atoms with van der Waals surface area (Å²) >= 11 is 5.94. The van der Waals surface area contributed by atoms with Crippen molar-refractivity contribution in [2.75, 3.05) is 14.2 Å². The van der Waals surface area contributed by atoms with Crippen molar-refractivity contribution in [2.45, 2.75) is 12.7 Å². The van der Waals surface area contributed by atoms with Crippen LogP contribution in [0.5, 0.6) is 5.75 Å². The molecule has 0 spiro atoms. The molecule has 1 N–H and O–H groups in total. The molecular formula is C17H18ClNO3. The fourth-order valence-corrected chi connectivity index (χ4v) is 2.33. The predicted octanol–water partition coefficient (Wildman–Crippen LogP) is 3.35. The fourth-order valence-electron chi connectivity index (χ4n) is 2.15. The van der Waals surface area contributed by atoms with Gasteiger partial charge in [-0.1, -0.05) is 41.9 Å². The topological polar surface area (TPSA) is 47.6 Å². The maximum atomic E-state index is 11.9. The van der Waals surface area contributed by atoms with Crippen LogP contribution in [-0.2, 0) is 16.1 Å². The Labute approximate surface area is 135 Å². The first kappa shape index (κ1) is 16.3. The Balaban J connectivity index is 2.19. The molecule has 0 fully saturated rings. The minimum Gasteiger partial charge on any atom is -0.489 e. The number of benzene rings is 2. The van der Waals surface area contributed by atoms with Gasteiger partial charge in [0.1, 0.15) is 12.4 Å². The number of nitrogens with one attached hydrogen (secondary N) is 1. The van der Waals surface area contributed by atoms with Crippen LogP contribution in [0.15, 0.2) is 48.5 Å². The molecule has 4 nitrogen and oxygen atoms in total. The average Bonchev–Trinajstić information content (AvgIpc) is 2.54. The molecule has 1 unspecified atom stereocenters. The van der Waals surface area contributed by atoms with Crippen LogP contribution in [0.4, 0.5) is 0 Å². The van der Waals surface area contributed by atoms with Crippen molar-refractivity contribution in [1.82, 2.24) is 5.32 Å². The van der Waals surface area contributed by atoms with E-state index in [9.17, 15) is 4.79 Å². The van der Waals surface area contributed by atoms with Crippen LogP contribution in [0.1, 0.15) is 17.2 Å². The lowest BCUT2D eigenvalue weighted by Crippen LogP contribution is -2.27. The van der Waals surface area contributed by atoms with Crippen molar-refractivity contribution < 1.29 is 14.3 Å². The summed E-state index contributed by atoms with van der Waals surface area (Å²) in [5.74, 6) is 0.480. The number of methoxy groups -OCH3 is 1. The largest absolute Gasteiger partial charge is 0.489 e. The highest BCUT2D eigenvalue weighted by Gasteiger charge is 2.21. The Kier molecular flexibility index (Phi) is 5.81. The van der Waals surface area contributed by atoms with Crippen LogP contribution in [0.3, 0.4) is 0 Å². The highest BCUT2D eigenvalue weighted by Crippen LogP contribution is 2.24. The zero-order chi connectivity index (χ0) is 15.9. The molecule has 0 bridgehead atoms. The van der Waals surface area contributed by atoms with Crippen LogP contribution in [0, 0.1) is 0 Å². The van der Waals surface area contributed by atoms with Crippen LogP contribution in [-0.4, -0.2) is 20.1 Å². The van der Waals surface area contributed by atoms with Gasteiger partial charge in [-0.25, -0.2) is 0 Å². The number of likely N-dealkylation sites (N-methyl/N-ethyl adjacent to an activating group) is 1. The first-order valence-corrected chi connectivity index (χ1v) is 7.24. The standard InChI is InChI=1S/C17H18ClNO3/c1-19-17(20)16(21-2)15-9-4-3-6-12(15)11-22-14-8-5-7-13(18)10-14/h3-10,16H,11H2,1-2H3,(H,19,20). The molecule has 0 aliphatic heterocycles. The lowest BCUT2D eigenvalue weighted by Gasteiger charge is -2.18. The zero-order valence-corrected chi connectivity index (χ0v) is 13.3. The van der Waals surface area contributed by atoms with E-state index in [0.29, 0.717) is 17.4 Å². The Morgan fingerprint density at radius 2 is 2.00 bits per heavy atom. The van der Waals surface area contributed by atoms with E-state index in [1.807, 2.05) is 36.4 Å². The van der Waals surface area contributed by atoms with Gasteiger partial charge in [-0.15, -0.1) is 0 Å². The molecule has 2 aromatic carbocycles. The molecule has 1 atom stereocenters. The first-order chi connectivity index (χ1) is 10.7. The van der Waals surface area contributed by atoms with E-state index < -0.39 is 6.10 Å². The van der Waals surface area contributed by atoms with Crippen molar-refractivity contribution in [3.63, 3.8) is 0 Å². The summed E-state index contributed by atoms with van der Waals surface area (Å²) in [6.07, 6.45) is -0.663. The monoisotopic (exact) mass is 319 g/mol. The lowest BCUT2D eigenvalue weighted by atomic mass is 10.0. The van der Waals surface area contributed by atoms with Gasteiger partial charge in [0.05, 0.1) is 0 Å². The minimum atomic E-state index is -0.663. The van der Waals surface area contributed by atoms with E-state index in [0.717, 1.165) is 11.1 Å². The second-order valence-corrected chi connectivity index (χ2v) is 5.11. The van der Waals surface area contributed by atoms with Crippen molar-refractivity contribution >= 4 is 17.5 Å². The summed E-state index contributed by atoms with van der Waals surface area (Å²) in [5, 5.41) is 3.22. The number of carbonyl (C=O) groups is 1. The van der Waals surface area contributed by atoms with E-state index >= 15 is 0 Å². The Bertz CT molecular complexity index is 645. The summed E-state index contributed by atoms with van der Waals surface area (Å²) in [4.78, 5) is 11.9. The summed E-state index contributed by atoms with van der Waals surface area (Å²) in [7, 11) is 3.09. The van der Waals surface area contributed by atoms with Crippen LogP contribution in [0.2, 0.25) is 5.02 Å². The van der Waals surface area contributed by atoms with E-state index in [2.05, 4.69) is 5.32 Å². The number of carbonyl (C=O) groups excluding carboxylic acids is 1. The quantitative estimate of drug-likeness (QED) is 0.888. The molecule has 0 radical (unpaired) electrons. The summed E-state index contributed by atoms with van der Waals surface area (Å²) in [5.41, 5.74) is 1.67. The van der Waals surface area contributed by atoms with Crippen molar-refractivity contribution in [1.29, 1.82) is 0 Å². The normalized spacial score (nSPS) is 11.8. The van der Waals surface area contributed by atoms with Gasteiger partial charge < -0.3 is 14.8 Å². The molecule has 0 aliphatic rings. The lowest BCUT2D eigenvalue weighted by molar-refractivity contribution is -0.130. The summed E-state index contributed by atoms with van der Waals surface area (Å²) in [6.45, 7) is 0.327. The average molecular weight is 320 g/mol. The summed E-state index contributed by atoms with van der Waals surface area (Å²) in [6, 6.07) is 14.7. The second-order valence-electron chi connectivity index (χ2n) is 4.67. The number of hydrogen-bond acceptors (Lipinski definition) is 3. The SMILES string of the molecule is CNC(=O)C(OC)c1ccccc1COc1cccc(Cl)c1. The number of rotatable bonds is 6. The van der Waals surface area contributed by atoms with Gasteiger partial charge >= 0.3 is 0 Å². The highest BCUT2D eigenvalue weighted by molar-refractivity contribution is 6.30. The molecule has 0 aliphatic carbocycles. The minimum absolute atomic E-state index is 0.197. The van der Waals surface area contributed by atoms with Crippen molar-refractivity contribution in [3.8, 4) is 5.75 Å². The molecule has 22 heavy (non-hydrogen) atoms. The van der Waals surface area contributed by atoms with Gasteiger partial charge in [-0.3, -0.25) is 4.79 Å². The third kappa shape index (κ3) is 4.00. The fraction of sp³-hybridized carbons (Fsp3) is 0.235. The summed E-state index contributed by atoms with van der Waals surface area (Å²) < 4.78 is 11.1. The van der Waals surface area contributed by atoms with E-state index in [1.54, 1.807) is 19.2 Å². The maximum absolute atomic E-state index is 11.9. The molecule has 0 heterocycles. The van der Waals surface area contributed by atoms with Gasteiger partial charge in [-0.2, -0.15) is 0 Å². The van der Waals surface area contributed by atoms with Crippen molar-refractivity contribution in [3.05, 3.63) is 64.7 Å². The molecule has 1 amide bonds. The van der Waals surface area contributed by atoms with Crippen molar-refractivity contribution in [2.24, 2.45) is 0 Å². The molecule has 2 aromatic rings. The number of amides is 1. The smallest absolute Gasteiger partial charge is 0.253 e. The number of halogens is 1. The molecule has 5 heteroatoms. The molecular weight excluding hydrogens is 302 g/mol. The predicted molar refractivity (Wildman–Crippen MR) is 86.0 cm³/mol. The Morgan fingerprint density at radius 1 is 1.23 bits per heavy atom. The van der Waals surface area contributed by atoms with E-state index in [1.165, 1.54) is 7.11 Å². The maximum Gasteiger partial charge on any atom is 0.253 e.